The molecule has 0 aromatic carbocycles. The molecule has 1 atom stereocenters. The standard InChI is InChI=1S/C11H20O2P/c1-2-13-14(12)10-6-9-11-7-4-3-5-8-11/h6,9,11H,2-5,7-8,10H2,1H3/q+1/b9-6+. The van der Waals surface area contributed by atoms with E-state index in [1.165, 1.54) is 32.1 Å². The smallest absolute Gasteiger partial charge is 0.146 e. The highest BCUT2D eigenvalue weighted by molar-refractivity contribution is 7.39. The Labute approximate surface area is 87.6 Å². The Kier molecular flexibility index (Phi) is 6.05. The fraction of sp³-hybridized carbons (Fsp3) is 0.818. The van der Waals surface area contributed by atoms with Crippen LogP contribution in [0, 0.1) is 5.92 Å². The van der Waals surface area contributed by atoms with Crippen molar-refractivity contribution in [1.82, 2.24) is 0 Å². The molecule has 1 fully saturated rings. The molecule has 0 amide bonds. The number of allylic oxidation sites excluding steroid dienone is 2. The maximum atomic E-state index is 11.2. The zero-order valence-electron chi connectivity index (χ0n) is 8.95. The second-order valence-corrected chi connectivity index (χ2v) is 5.05. The van der Waals surface area contributed by atoms with E-state index in [1.54, 1.807) is 0 Å². The molecule has 80 valence electrons. The monoisotopic (exact) mass is 215 g/mol. The van der Waals surface area contributed by atoms with Crippen molar-refractivity contribution in [1.29, 1.82) is 0 Å². The van der Waals surface area contributed by atoms with Crippen molar-refractivity contribution in [3.63, 3.8) is 0 Å². The van der Waals surface area contributed by atoms with Crippen LogP contribution in [0.5, 0.6) is 0 Å². The van der Waals surface area contributed by atoms with Crippen LogP contribution >= 0.6 is 8.03 Å². The summed E-state index contributed by atoms with van der Waals surface area (Å²) in [7, 11) is -1.44. The summed E-state index contributed by atoms with van der Waals surface area (Å²) in [4.78, 5) is 0. The molecule has 0 aliphatic heterocycles. The minimum absolute atomic E-state index is 0.548. The first kappa shape index (κ1) is 11.9. The van der Waals surface area contributed by atoms with Crippen LogP contribution in [0.25, 0.3) is 0 Å². The zero-order chi connectivity index (χ0) is 10.2. The Morgan fingerprint density at radius 2 is 2.07 bits per heavy atom. The molecule has 0 heterocycles. The van der Waals surface area contributed by atoms with E-state index < -0.39 is 8.03 Å². The summed E-state index contributed by atoms with van der Waals surface area (Å²) in [5.74, 6) is 0.730. The van der Waals surface area contributed by atoms with Gasteiger partial charge >= 0.3 is 8.03 Å². The van der Waals surface area contributed by atoms with E-state index in [4.69, 9.17) is 4.52 Å². The first-order valence-electron chi connectivity index (χ1n) is 5.57. The number of hydrogen-bond donors (Lipinski definition) is 0. The van der Waals surface area contributed by atoms with Crippen LogP contribution in [0.2, 0.25) is 0 Å². The third-order valence-electron chi connectivity index (χ3n) is 2.59. The first-order chi connectivity index (χ1) is 6.83. The molecule has 0 N–H and O–H groups in total. The van der Waals surface area contributed by atoms with Crippen molar-refractivity contribution in [2.24, 2.45) is 5.92 Å². The Balaban J connectivity index is 2.15. The minimum Gasteiger partial charge on any atom is -0.146 e. The van der Waals surface area contributed by atoms with Gasteiger partial charge in [0, 0.05) is 0 Å². The van der Waals surface area contributed by atoms with Gasteiger partial charge < -0.3 is 0 Å². The molecule has 0 spiro atoms. The predicted octanol–water partition coefficient (Wildman–Crippen LogP) is 3.90. The van der Waals surface area contributed by atoms with Gasteiger partial charge in [0.2, 0.25) is 0 Å². The summed E-state index contributed by atoms with van der Waals surface area (Å²) < 4.78 is 16.1. The summed E-state index contributed by atoms with van der Waals surface area (Å²) in [5.41, 5.74) is 0. The topological polar surface area (TPSA) is 26.3 Å². The Morgan fingerprint density at radius 1 is 1.36 bits per heavy atom. The molecule has 2 nitrogen and oxygen atoms in total. The average Bonchev–Trinajstić information content (AvgIpc) is 2.20. The summed E-state index contributed by atoms with van der Waals surface area (Å²) in [5, 5.41) is 0. The van der Waals surface area contributed by atoms with E-state index in [0.29, 0.717) is 12.8 Å². The van der Waals surface area contributed by atoms with Gasteiger partial charge in [-0.15, -0.1) is 4.52 Å². The quantitative estimate of drug-likeness (QED) is 0.513. The summed E-state index contributed by atoms with van der Waals surface area (Å²) in [6.07, 6.45) is 11.6. The first-order valence-corrected chi connectivity index (χ1v) is 6.93. The van der Waals surface area contributed by atoms with Crippen molar-refractivity contribution in [2.45, 2.75) is 39.0 Å². The van der Waals surface area contributed by atoms with Crippen LogP contribution in [0.1, 0.15) is 39.0 Å². The molecule has 0 saturated heterocycles. The van der Waals surface area contributed by atoms with Crippen LogP contribution in [-0.4, -0.2) is 12.8 Å². The van der Waals surface area contributed by atoms with Gasteiger partial charge in [0.25, 0.3) is 0 Å². The van der Waals surface area contributed by atoms with Crippen LogP contribution in [-0.2, 0) is 9.09 Å². The molecule has 1 rings (SSSR count). The molecule has 1 aliphatic rings. The summed E-state index contributed by atoms with van der Waals surface area (Å²) in [6, 6.07) is 0. The van der Waals surface area contributed by atoms with Gasteiger partial charge in [0.05, 0.1) is 6.61 Å². The zero-order valence-corrected chi connectivity index (χ0v) is 9.84. The fourth-order valence-corrected chi connectivity index (χ4v) is 2.55. The maximum Gasteiger partial charge on any atom is 0.512 e. The van der Waals surface area contributed by atoms with Crippen LogP contribution in [0.15, 0.2) is 12.2 Å². The van der Waals surface area contributed by atoms with Gasteiger partial charge in [-0.1, -0.05) is 25.3 Å². The number of rotatable bonds is 5. The van der Waals surface area contributed by atoms with Crippen LogP contribution in [0.3, 0.4) is 0 Å². The van der Waals surface area contributed by atoms with Gasteiger partial charge in [-0.3, -0.25) is 0 Å². The molecule has 3 heteroatoms. The molecule has 0 bridgehead atoms. The van der Waals surface area contributed by atoms with E-state index in [9.17, 15) is 4.57 Å². The molecule has 1 saturated carbocycles. The predicted molar refractivity (Wildman–Crippen MR) is 59.8 cm³/mol. The van der Waals surface area contributed by atoms with Gasteiger partial charge in [-0.05, 0) is 36.3 Å². The van der Waals surface area contributed by atoms with Crippen molar-refractivity contribution in [2.75, 3.05) is 12.8 Å². The second kappa shape index (κ2) is 7.14. The molecular weight excluding hydrogens is 195 g/mol. The Hall–Kier alpha value is -0.200. The summed E-state index contributed by atoms with van der Waals surface area (Å²) >= 11 is 0. The van der Waals surface area contributed by atoms with E-state index in [1.807, 2.05) is 13.0 Å². The fourth-order valence-electron chi connectivity index (χ4n) is 1.86. The van der Waals surface area contributed by atoms with Crippen LogP contribution in [0.4, 0.5) is 0 Å². The lowest BCUT2D eigenvalue weighted by Crippen LogP contribution is -2.02. The van der Waals surface area contributed by atoms with E-state index in [2.05, 4.69) is 6.08 Å². The Morgan fingerprint density at radius 3 is 2.71 bits per heavy atom. The SMILES string of the molecule is CCO[P+](=O)C/C=C/C1CCCCC1. The van der Waals surface area contributed by atoms with E-state index in [0.717, 1.165) is 5.92 Å². The normalized spacial score (nSPS) is 20.2. The number of hydrogen-bond acceptors (Lipinski definition) is 2. The van der Waals surface area contributed by atoms with E-state index >= 15 is 0 Å². The molecule has 0 aromatic heterocycles. The molecule has 14 heavy (non-hydrogen) atoms. The maximum absolute atomic E-state index is 11.2. The van der Waals surface area contributed by atoms with E-state index in [-0.39, 0.29) is 0 Å². The van der Waals surface area contributed by atoms with Crippen LogP contribution < -0.4 is 0 Å². The van der Waals surface area contributed by atoms with Crippen molar-refractivity contribution in [3.05, 3.63) is 12.2 Å². The molecule has 0 aromatic rings. The van der Waals surface area contributed by atoms with Crippen molar-refractivity contribution >= 4 is 8.03 Å². The third kappa shape index (κ3) is 4.88. The van der Waals surface area contributed by atoms with Crippen molar-refractivity contribution < 1.29 is 9.09 Å². The molecule has 1 unspecified atom stereocenters. The lowest BCUT2D eigenvalue weighted by molar-refractivity contribution is 0.352. The second-order valence-electron chi connectivity index (χ2n) is 3.76. The highest BCUT2D eigenvalue weighted by Crippen LogP contribution is 2.26. The average molecular weight is 215 g/mol. The lowest BCUT2D eigenvalue weighted by atomic mass is 9.89. The highest BCUT2D eigenvalue weighted by atomic mass is 31.1. The lowest BCUT2D eigenvalue weighted by Gasteiger charge is -2.17. The van der Waals surface area contributed by atoms with Gasteiger partial charge in [-0.2, -0.15) is 0 Å². The molecule has 0 radical (unpaired) electrons. The Bertz CT molecular complexity index is 195. The highest BCUT2D eigenvalue weighted by Gasteiger charge is 2.14. The molecule has 1 aliphatic carbocycles. The minimum atomic E-state index is -1.44. The van der Waals surface area contributed by atoms with Gasteiger partial charge in [-0.25, -0.2) is 0 Å². The third-order valence-corrected chi connectivity index (χ3v) is 3.64. The summed E-state index contributed by atoms with van der Waals surface area (Å²) in [6.45, 7) is 2.42. The van der Waals surface area contributed by atoms with Gasteiger partial charge in [0.15, 0.2) is 6.16 Å². The van der Waals surface area contributed by atoms with Gasteiger partial charge in [0.1, 0.15) is 0 Å². The molecular formula is C11H20O2P+. The largest absolute Gasteiger partial charge is 0.512 e. The van der Waals surface area contributed by atoms with Crippen molar-refractivity contribution in [3.8, 4) is 0 Å².